The molecule has 2 aliphatic rings. The van der Waals surface area contributed by atoms with E-state index in [0.717, 1.165) is 29.7 Å². The third kappa shape index (κ3) is 2.84. The number of hydrogen-bond acceptors (Lipinski definition) is 3. The quantitative estimate of drug-likeness (QED) is 0.746. The number of ether oxygens (including phenoxy) is 1. The van der Waals surface area contributed by atoms with Crippen molar-refractivity contribution in [1.82, 2.24) is 9.47 Å². The first kappa shape index (κ1) is 18.8. The maximum atomic E-state index is 13.4. The van der Waals surface area contributed by atoms with Crippen LogP contribution in [0.3, 0.4) is 0 Å². The number of nitrogens with zero attached hydrogens (tertiary/aromatic N) is 2. The number of benzene rings is 1. The molecule has 0 N–H and O–H groups in total. The molecule has 5 nitrogen and oxygen atoms in total. The third-order valence-electron chi connectivity index (χ3n) is 6.63. The number of carbonyl (C=O) groups is 2. The second-order valence-electron chi connectivity index (χ2n) is 8.13. The van der Waals surface area contributed by atoms with Gasteiger partial charge in [0.2, 0.25) is 0 Å². The summed E-state index contributed by atoms with van der Waals surface area (Å²) in [5.74, 6) is -0.113. The minimum Gasteiger partial charge on any atom is -0.465 e. The highest BCUT2D eigenvalue weighted by Crippen LogP contribution is 2.52. The molecule has 1 aromatic carbocycles. The van der Waals surface area contributed by atoms with Crippen molar-refractivity contribution in [3.63, 3.8) is 0 Å². The maximum Gasteiger partial charge on any atom is 0.314 e. The van der Waals surface area contributed by atoms with Crippen molar-refractivity contribution in [1.29, 1.82) is 0 Å². The highest BCUT2D eigenvalue weighted by atomic mass is 16.5. The van der Waals surface area contributed by atoms with Crippen LogP contribution in [0.2, 0.25) is 0 Å². The predicted octanol–water partition coefficient (Wildman–Crippen LogP) is 3.50. The third-order valence-corrected chi connectivity index (χ3v) is 6.63. The standard InChI is InChI=1S/C23H28N2O3/c1-4-28-22(27)23(14-17-8-6-5-7-9-17)15-18-10-11-20(23)25(18)21(26)19-12-13-24(3)16(19)2/h5-9,12-13,18,20H,4,10-11,14-15H2,1-3H3/t18-,20+,23+/m1/s1. The summed E-state index contributed by atoms with van der Waals surface area (Å²) >= 11 is 0. The Hall–Kier alpha value is -2.56. The molecule has 3 atom stereocenters. The summed E-state index contributed by atoms with van der Waals surface area (Å²) in [5.41, 5.74) is 2.16. The van der Waals surface area contributed by atoms with E-state index in [1.54, 1.807) is 0 Å². The maximum absolute atomic E-state index is 13.4. The molecule has 2 saturated heterocycles. The molecule has 1 amide bonds. The van der Waals surface area contributed by atoms with Crippen molar-refractivity contribution >= 4 is 11.9 Å². The van der Waals surface area contributed by atoms with Crippen molar-refractivity contribution in [2.45, 2.75) is 51.6 Å². The Bertz CT molecular complexity index is 889. The summed E-state index contributed by atoms with van der Waals surface area (Å²) < 4.78 is 7.50. The summed E-state index contributed by atoms with van der Waals surface area (Å²) in [6.07, 6.45) is 5.03. The molecule has 3 heterocycles. The lowest BCUT2D eigenvalue weighted by Gasteiger charge is -2.35. The molecule has 0 spiro atoms. The number of amides is 1. The average molecular weight is 380 g/mol. The van der Waals surface area contributed by atoms with E-state index in [9.17, 15) is 9.59 Å². The van der Waals surface area contributed by atoms with E-state index in [4.69, 9.17) is 4.74 Å². The molecule has 2 aliphatic heterocycles. The van der Waals surface area contributed by atoms with Gasteiger partial charge in [-0.15, -0.1) is 0 Å². The second kappa shape index (κ2) is 7.12. The monoisotopic (exact) mass is 380 g/mol. The van der Waals surface area contributed by atoms with Crippen LogP contribution < -0.4 is 0 Å². The summed E-state index contributed by atoms with van der Waals surface area (Å²) in [5, 5.41) is 0. The van der Waals surface area contributed by atoms with Gasteiger partial charge in [-0.1, -0.05) is 30.3 Å². The molecule has 0 radical (unpaired) electrons. The van der Waals surface area contributed by atoms with Crippen LogP contribution >= 0.6 is 0 Å². The summed E-state index contributed by atoms with van der Waals surface area (Å²) in [6.45, 7) is 4.17. The van der Waals surface area contributed by atoms with Crippen LogP contribution in [-0.4, -0.2) is 40.0 Å². The van der Waals surface area contributed by atoms with Gasteiger partial charge in [0, 0.05) is 31.0 Å². The normalized spacial score (nSPS) is 25.9. The molecule has 148 valence electrons. The minimum absolute atomic E-state index is 0.0461. The van der Waals surface area contributed by atoms with Gasteiger partial charge in [-0.2, -0.15) is 0 Å². The fraction of sp³-hybridized carbons (Fsp3) is 0.478. The fourth-order valence-electron chi connectivity index (χ4n) is 5.18. The highest BCUT2D eigenvalue weighted by Gasteiger charge is 2.62. The largest absolute Gasteiger partial charge is 0.465 e. The van der Waals surface area contributed by atoms with Crippen LogP contribution in [0.5, 0.6) is 0 Å². The van der Waals surface area contributed by atoms with Gasteiger partial charge in [-0.3, -0.25) is 9.59 Å². The smallest absolute Gasteiger partial charge is 0.314 e. The van der Waals surface area contributed by atoms with Crippen LogP contribution in [0, 0.1) is 12.3 Å². The van der Waals surface area contributed by atoms with E-state index in [2.05, 4.69) is 12.1 Å². The van der Waals surface area contributed by atoms with Crippen molar-refractivity contribution in [3.8, 4) is 0 Å². The van der Waals surface area contributed by atoms with Gasteiger partial charge in [0.05, 0.1) is 17.6 Å². The molecule has 1 aromatic heterocycles. The molecular formula is C23H28N2O3. The number of fused-ring (bicyclic) bond motifs is 2. The SMILES string of the molecule is CCOC(=O)[C@@]1(Cc2ccccc2)C[C@H]2CC[C@@H]1N2C(=O)c1ccn(C)c1C. The van der Waals surface area contributed by atoms with Gasteiger partial charge in [0.25, 0.3) is 5.91 Å². The first-order chi connectivity index (χ1) is 13.5. The predicted molar refractivity (Wildman–Crippen MR) is 107 cm³/mol. The van der Waals surface area contributed by atoms with E-state index < -0.39 is 5.41 Å². The molecule has 28 heavy (non-hydrogen) atoms. The first-order valence-electron chi connectivity index (χ1n) is 10.1. The molecule has 2 aromatic rings. The molecule has 4 rings (SSSR count). The summed E-state index contributed by atoms with van der Waals surface area (Å²) in [6, 6.07) is 12.0. The van der Waals surface area contributed by atoms with Crippen molar-refractivity contribution < 1.29 is 14.3 Å². The Morgan fingerprint density at radius 3 is 2.57 bits per heavy atom. The van der Waals surface area contributed by atoms with E-state index in [0.29, 0.717) is 19.4 Å². The number of esters is 1. The van der Waals surface area contributed by atoms with Crippen LogP contribution in [0.4, 0.5) is 0 Å². The molecule has 5 heteroatoms. The Labute approximate surface area is 166 Å². The van der Waals surface area contributed by atoms with Crippen LogP contribution in [0.15, 0.2) is 42.6 Å². The lowest BCUT2D eigenvalue weighted by Crippen LogP contribution is -2.47. The Morgan fingerprint density at radius 1 is 1.18 bits per heavy atom. The van der Waals surface area contributed by atoms with E-state index in [1.807, 2.05) is 60.8 Å². The van der Waals surface area contributed by atoms with Crippen LogP contribution in [0.1, 0.15) is 47.8 Å². The van der Waals surface area contributed by atoms with Gasteiger partial charge >= 0.3 is 5.97 Å². The van der Waals surface area contributed by atoms with Gasteiger partial charge in [-0.05, 0) is 51.2 Å². The number of aromatic nitrogens is 1. The minimum atomic E-state index is -0.654. The van der Waals surface area contributed by atoms with Gasteiger partial charge in [0.1, 0.15) is 0 Å². The molecule has 0 unspecified atom stereocenters. The molecule has 0 aliphatic carbocycles. The van der Waals surface area contributed by atoms with Crippen molar-refractivity contribution in [3.05, 3.63) is 59.4 Å². The lowest BCUT2D eigenvalue weighted by atomic mass is 9.70. The lowest BCUT2D eigenvalue weighted by molar-refractivity contribution is -0.157. The van der Waals surface area contributed by atoms with Gasteiger partial charge < -0.3 is 14.2 Å². The first-order valence-corrected chi connectivity index (χ1v) is 10.1. The van der Waals surface area contributed by atoms with Crippen molar-refractivity contribution in [2.75, 3.05) is 6.61 Å². The number of rotatable bonds is 5. The van der Waals surface area contributed by atoms with E-state index in [1.165, 1.54) is 0 Å². The molecule has 0 saturated carbocycles. The van der Waals surface area contributed by atoms with Crippen LogP contribution in [0.25, 0.3) is 0 Å². The molecule has 2 bridgehead atoms. The Kier molecular flexibility index (Phi) is 4.77. The van der Waals surface area contributed by atoms with Gasteiger partial charge in [0.15, 0.2) is 0 Å². The zero-order valence-corrected chi connectivity index (χ0v) is 16.9. The van der Waals surface area contributed by atoms with Crippen LogP contribution in [-0.2, 0) is 23.0 Å². The number of carbonyl (C=O) groups excluding carboxylic acids is 2. The topological polar surface area (TPSA) is 51.5 Å². The number of aryl methyl sites for hydroxylation is 1. The fourth-order valence-corrected chi connectivity index (χ4v) is 5.18. The number of hydrogen-bond donors (Lipinski definition) is 0. The average Bonchev–Trinajstić information content (AvgIpc) is 3.35. The zero-order chi connectivity index (χ0) is 19.9. The molecule has 2 fully saturated rings. The van der Waals surface area contributed by atoms with E-state index >= 15 is 0 Å². The summed E-state index contributed by atoms with van der Waals surface area (Å²) in [7, 11) is 1.95. The Balaban J connectivity index is 1.70. The summed E-state index contributed by atoms with van der Waals surface area (Å²) in [4.78, 5) is 28.6. The highest BCUT2D eigenvalue weighted by molar-refractivity contribution is 5.97. The van der Waals surface area contributed by atoms with E-state index in [-0.39, 0.29) is 24.0 Å². The zero-order valence-electron chi connectivity index (χ0n) is 16.9. The molecular weight excluding hydrogens is 352 g/mol. The van der Waals surface area contributed by atoms with Gasteiger partial charge in [-0.25, -0.2) is 0 Å². The van der Waals surface area contributed by atoms with Crippen molar-refractivity contribution in [2.24, 2.45) is 12.5 Å². The Morgan fingerprint density at radius 2 is 1.93 bits per heavy atom. The second-order valence-corrected chi connectivity index (χ2v) is 8.13.